The van der Waals surface area contributed by atoms with Gasteiger partial charge in [0.1, 0.15) is 5.82 Å². The molecule has 0 spiro atoms. The normalized spacial score (nSPS) is 10.5. The van der Waals surface area contributed by atoms with Crippen LogP contribution in [0.1, 0.15) is 29.8 Å². The van der Waals surface area contributed by atoms with E-state index in [1.54, 1.807) is 31.2 Å². The van der Waals surface area contributed by atoms with E-state index in [0.29, 0.717) is 22.7 Å². The van der Waals surface area contributed by atoms with Crippen LogP contribution in [-0.2, 0) is 0 Å². The number of carbonyl (C=O) groups is 1. The van der Waals surface area contributed by atoms with E-state index in [4.69, 9.17) is 9.47 Å². The van der Waals surface area contributed by atoms with E-state index < -0.39 is 5.82 Å². The van der Waals surface area contributed by atoms with E-state index in [-0.39, 0.29) is 12.0 Å². The van der Waals surface area contributed by atoms with Gasteiger partial charge in [-0.2, -0.15) is 0 Å². The van der Waals surface area contributed by atoms with Crippen molar-refractivity contribution >= 4 is 11.6 Å². The fraction of sp³-hybridized carbons (Fsp3) is 0.278. The number of carbonyl (C=O) groups excluding carboxylic acids is 1. The van der Waals surface area contributed by atoms with Crippen molar-refractivity contribution in [1.82, 2.24) is 0 Å². The van der Waals surface area contributed by atoms with Crippen molar-refractivity contribution in [2.75, 3.05) is 12.4 Å². The number of rotatable bonds is 5. The van der Waals surface area contributed by atoms with Gasteiger partial charge in [0.15, 0.2) is 11.5 Å². The molecule has 0 aromatic heterocycles. The second-order valence-electron chi connectivity index (χ2n) is 5.45. The predicted molar refractivity (Wildman–Crippen MR) is 87.8 cm³/mol. The molecule has 0 aliphatic heterocycles. The fourth-order valence-corrected chi connectivity index (χ4v) is 2.08. The van der Waals surface area contributed by atoms with Crippen LogP contribution in [-0.4, -0.2) is 19.1 Å². The lowest BCUT2D eigenvalue weighted by Crippen LogP contribution is -2.13. The Morgan fingerprint density at radius 2 is 1.87 bits per heavy atom. The lowest BCUT2D eigenvalue weighted by atomic mass is 10.1. The number of nitrogens with one attached hydrogen (secondary N) is 1. The van der Waals surface area contributed by atoms with Gasteiger partial charge in [-0.25, -0.2) is 4.39 Å². The highest BCUT2D eigenvalue weighted by Crippen LogP contribution is 2.29. The first kappa shape index (κ1) is 16.8. The highest BCUT2D eigenvalue weighted by Gasteiger charge is 2.13. The molecular formula is C18H20FNO3. The van der Waals surface area contributed by atoms with E-state index in [1.807, 2.05) is 13.8 Å². The van der Waals surface area contributed by atoms with Crippen molar-refractivity contribution in [2.45, 2.75) is 26.9 Å². The van der Waals surface area contributed by atoms with Gasteiger partial charge in [0.05, 0.1) is 13.2 Å². The number of methoxy groups -OCH3 is 1. The maximum absolute atomic E-state index is 13.3. The monoisotopic (exact) mass is 317 g/mol. The molecule has 2 aromatic carbocycles. The summed E-state index contributed by atoms with van der Waals surface area (Å²) in [5, 5.41) is 2.70. The number of anilines is 1. The van der Waals surface area contributed by atoms with Crippen LogP contribution in [0.3, 0.4) is 0 Å². The zero-order valence-electron chi connectivity index (χ0n) is 13.6. The number of aryl methyl sites for hydroxylation is 1. The lowest BCUT2D eigenvalue weighted by molar-refractivity contribution is 0.102. The fourth-order valence-electron chi connectivity index (χ4n) is 2.08. The van der Waals surface area contributed by atoms with Crippen molar-refractivity contribution in [3.05, 3.63) is 53.3 Å². The SMILES string of the molecule is COc1cc(C(=O)Nc2cc(F)ccc2C)ccc1OC(C)C. The molecule has 0 heterocycles. The van der Waals surface area contributed by atoms with E-state index in [1.165, 1.54) is 19.2 Å². The van der Waals surface area contributed by atoms with Crippen molar-refractivity contribution in [1.29, 1.82) is 0 Å². The number of hydrogen-bond donors (Lipinski definition) is 1. The van der Waals surface area contributed by atoms with Crippen LogP contribution < -0.4 is 14.8 Å². The zero-order chi connectivity index (χ0) is 17.0. The lowest BCUT2D eigenvalue weighted by Gasteiger charge is -2.15. The molecule has 23 heavy (non-hydrogen) atoms. The molecule has 1 N–H and O–H groups in total. The third-order valence-electron chi connectivity index (χ3n) is 3.24. The molecule has 5 heteroatoms. The summed E-state index contributed by atoms with van der Waals surface area (Å²) in [5.74, 6) is 0.306. The maximum Gasteiger partial charge on any atom is 0.255 e. The van der Waals surface area contributed by atoms with Crippen molar-refractivity contribution in [3.8, 4) is 11.5 Å². The number of ether oxygens (including phenoxy) is 2. The molecular weight excluding hydrogens is 297 g/mol. The summed E-state index contributed by atoms with van der Waals surface area (Å²) < 4.78 is 24.2. The number of benzene rings is 2. The van der Waals surface area contributed by atoms with Crippen LogP contribution in [0.15, 0.2) is 36.4 Å². The Morgan fingerprint density at radius 3 is 2.52 bits per heavy atom. The molecule has 0 aliphatic carbocycles. The molecule has 0 radical (unpaired) electrons. The van der Waals surface area contributed by atoms with Gasteiger partial charge in [-0.05, 0) is 56.7 Å². The average molecular weight is 317 g/mol. The van der Waals surface area contributed by atoms with Crippen LogP contribution >= 0.6 is 0 Å². The molecule has 4 nitrogen and oxygen atoms in total. The minimum atomic E-state index is -0.399. The van der Waals surface area contributed by atoms with Crippen LogP contribution in [0, 0.1) is 12.7 Å². The smallest absolute Gasteiger partial charge is 0.255 e. The summed E-state index contributed by atoms with van der Waals surface area (Å²) in [7, 11) is 1.51. The molecule has 0 unspecified atom stereocenters. The first-order valence-electron chi connectivity index (χ1n) is 7.33. The van der Waals surface area contributed by atoms with E-state index in [2.05, 4.69) is 5.32 Å². The highest BCUT2D eigenvalue weighted by molar-refractivity contribution is 6.05. The first-order valence-corrected chi connectivity index (χ1v) is 7.33. The topological polar surface area (TPSA) is 47.6 Å². The van der Waals surface area contributed by atoms with Gasteiger partial charge < -0.3 is 14.8 Å². The third kappa shape index (κ3) is 4.22. The standard InChI is InChI=1S/C18H20FNO3/c1-11(2)23-16-8-6-13(9-17(16)22-4)18(21)20-15-10-14(19)7-5-12(15)3/h5-11H,1-4H3,(H,20,21). The van der Waals surface area contributed by atoms with E-state index >= 15 is 0 Å². The van der Waals surface area contributed by atoms with Gasteiger partial charge in [-0.1, -0.05) is 6.07 Å². The van der Waals surface area contributed by atoms with Crippen molar-refractivity contribution in [3.63, 3.8) is 0 Å². The number of amides is 1. The summed E-state index contributed by atoms with van der Waals surface area (Å²) in [6.07, 6.45) is -0.00137. The number of halogens is 1. The van der Waals surface area contributed by atoms with Gasteiger partial charge in [-0.15, -0.1) is 0 Å². The summed E-state index contributed by atoms with van der Waals surface area (Å²) in [6, 6.07) is 9.19. The molecule has 0 saturated heterocycles. The second-order valence-corrected chi connectivity index (χ2v) is 5.45. The molecule has 0 saturated carbocycles. The van der Waals surface area contributed by atoms with Crippen LogP contribution in [0.4, 0.5) is 10.1 Å². The van der Waals surface area contributed by atoms with Gasteiger partial charge in [0.25, 0.3) is 5.91 Å². The minimum absolute atomic E-state index is 0.00137. The second kappa shape index (κ2) is 7.13. The molecule has 122 valence electrons. The molecule has 0 fully saturated rings. The van der Waals surface area contributed by atoms with Crippen LogP contribution in [0.25, 0.3) is 0 Å². The van der Waals surface area contributed by atoms with E-state index in [9.17, 15) is 9.18 Å². The van der Waals surface area contributed by atoms with Gasteiger partial charge >= 0.3 is 0 Å². The highest BCUT2D eigenvalue weighted by atomic mass is 19.1. The summed E-state index contributed by atoms with van der Waals surface area (Å²) >= 11 is 0. The third-order valence-corrected chi connectivity index (χ3v) is 3.24. The van der Waals surface area contributed by atoms with Gasteiger partial charge in [-0.3, -0.25) is 4.79 Å². The average Bonchev–Trinajstić information content (AvgIpc) is 2.50. The molecule has 2 rings (SSSR count). The summed E-state index contributed by atoms with van der Waals surface area (Å²) in [6.45, 7) is 5.62. The van der Waals surface area contributed by atoms with Crippen LogP contribution in [0.5, 0.6) is 11.5 Å². The van der Waals surface area contributed by atoms with Crippen molar-refractivity contribution < 1.29 is 18.7 Å². The zero-order valence-corrected chi connectivity index (χ0v) is 13.6. The molecule has 0 bridgehead atoms. The van der Waals surface area contributed by atoms with Crippen molar-refractivity contribution in [2.24, 2.45) is 0 Å². The molecule has 0 atom stereocenters. The maximum atomic E-state index is 13.3. The summed E-state index contributed by atoms with van der Waals surface area (Å²) in [5.41, 5.74) is 1.63. The van der Waals surface area contributed by atoms with Gasteiger partial charge in [0.2, 0.25) is 0 Å². The Labute approximate surface area is 135 Å². The largest absolute Gasteiger partial charge is 0.493 e. The molecule has 2 aromatic rings. The number of hydrogen-bond acceptors (Lipinski definition) is 3. The Bertz CT molecular complexity index is 713. The predicted octanol–water partition coefficient (Wildman–Crippen LogP) is 4.18. The molecule has 0 aliphatic rings. The Kier molecular flexibility index (Phi) is 5.21. The minimum Gasteiger partial charge on any atom is -0.493 e. The molecule has 1 amide bonds. The summed E-state index contributed by atoms with van der Waals surface area (Å²) in [4.78, 5) is 12.3. The quantitative estimate of drug-likeness (QED) is 0.900. The van der Waals surface area contributed by atoms with E-state index in [0.717, 1.165) is 5.56 Å². The Hall–Kier alpha value is -2.56. The Morgan fingerprint density at radius 1 is 1.13 bits per heavy atom. The van der Waals surface area contributed by atoms with Crippen LogP contribution in [0.2, 0.25) is 0 Å². The van der Waals surface area contributed by atoms with Gasteiger partial charge in [0, 0.05) is 11.3 Å². The first-order chi connectivity index (χ1) is 10.9. The Balaban J connectivity index is 2.24.